The third kappa shape index (κ3) is 1.40. The molecule has 1 saturated heterocycles. The van der Waals surface area contributed by atoms with Gasteiger partial charge in [-0.2, -0.15) is 0 Å². The predicted octanol–water partition coefficient (Wildman–Crippen LogP) is 1.08. The van der Waals surface area contributed by atoms with Crippen molar-refractivity contribution in [3.63, 3.8) is 0 Å². The lowest BCUT2D eigenvalue weighted by atomic mass is 10.1. The summed E-state index contributed by atoms with van der Waals surface area (Å²) in [5, 5.41) is 0. The molecule has 1 heterocycles. The van der Waals surface area contributed by atoms with Crippen LogP contribution in [0.4, 0.5) is 5.69 Å². The Bertz CT molecular complexity index is 367. The Morgan fingerprint density at radius 3 is 2.79 bits per heavy atom. The number of carbonyl (C=O) groups is 1. The zero-order chi connectivity index (χ0) is 10.1. The zero-order valence-electron chi connectivity index (χ0n) is 7.93. The molecule has 0 spiro atoms. The number of nitrogens with zero attached hydrogens (tertiary/aromatic N) is 1. The number of hydrogen-bond donors (Lipinski definition) is 1. The van der Waals surface area contributed by atoms with Crippen molar-refractivity contribution in [3.05, 3.63) is 24.3 Å². The number of nitrogens with two attached hydrogens (primary N) is 1. The van der Waals surface area contributed by atoms with Crippen LogP contribution in [-0.2, 0) is 4.79 Å². The van der Waals surface area contributed by atoms with Crippen LogP contribution in [-0.4, -0.2) is 24.7 Å². The van der Waals surface area contributed by atoms with Crippen LogP contribution >= 0.6 is 11.8 Å². The summed E-state index contributed by atoms with van der Waals surface area (Å²) in [6.45, 7) is 0.635. The topological polar surface area (TPSA) is 46.3 Å². The van der Waals surface area contributed by atoms with Gasteiger partial charge in [-0.3, -0.25) is 4.79 Å². The summed E-state index contributed by atoms with van der Waals surface area (Å²) < 4.78 is 0. The molecule has 1 aromatic rings. The Hall–Kier alpha value is -1.00. The van der Waals surface area contributed by atoms with E-state index in [1.807, 2.05) is 30.5 Å². The highest BCUT2D eigenvalue weighted by molar-refractivity contribution is 7.98. The van der Waals surface area contributed by atoms with E-state index in [-0.39, 0.29) is 11.9 Å². The Balaban J connectivity index is 2.28. The fourth-order valence-electron chi connectivity index (χ4n) is 1.52. The minimum absolute atomic E-state index is 0.0199. The first-order valence-corrected chi connectivity index (χ1v) is 5.66. The molecule has 0 saturated carbocycles. The van der Waals surface area contributed by atoms with E-state index in [0.29, 0.717) is 6.54 Å². The second-order valence-corrected chi connectivity index (χ2v) is 4.08. The molecule has 0 bridgehead atoms. The number of benzene rings is 1. The maximum absolute atomic E-state index is 11.4. The average molecular weight is 208 g/mol. The first-order valence-electron chi connectivity index (χ1n) is 4.44. The SMILES string of the molecule is CSc1ccccc1N1CC(N)C1=O. The lowest BCUT2D eigenvalue weighted by Crippen LogP contribution is -2.61. The molecule has 4 heteroatoms. The minimum Gasteiger partial charge on any atom is -0.318 e. The van der Waals surface area contributed by atoms with Crippen LogP contribution in [0.2, 0.25) is 0 Å². The monoisotopic (exact) mass is 208 g/mol. The Labute approximate surface area is 87.3 Å². The first kappa shape index (κ1) is 9.55. The molecule has 1 unspecified atom stereocenters. The van der Waals surface area contributed by atoms with E-state index in [0.717, 1.165) is 10.6 Å². The van der Waals surface area contributed by atoms with Crippen molar-refractivity contribution in [1.29, 1.82) is 0 Å². The number of hydrogen-bond acceptors (Lipinski definition) is 3. The van der Waals surface area contributed by atoms with Crippen molar-refractivity contribution in [2.24, 2.45) is 5.73 Å². The van der Waals surface area contributed by atoms with Crippen LogP contribution in [0.25, 0.3) is 0 Å². The molecule has 0 radical (unpaired) electrons. The molecule has 2 rings (SSSR count). The first-order chi connectivity index (χ1) is 6.74. The molecule has 1 fully saturated rings. The molecule has 74 valence electrons. The Morgan fingerprint density at radius 1 is 1.50 bits per heavy atom. The van der Waals surface area contributed by atoms with Gasteiger partial charge in [0.25, 0.3) is 0 Å². The van der Waals surface area contributed by atoms with E-state index in [9.17, 15) is 4.79 Å². The molecule has 0 aliphatic carbocycles. The number of rotatable bonds is 2. The van der Waals surface area contributed by atoms with Crippen molar-refractivity contribution < 1.29 is 4.79 Å². The van der Waals surface area contributed by atoms with Crippen molar-refractivity contribution in [3.8, 4) is 0 Å². The summed E-state index contributed by atoms with van der Waals surface area (Å²) in [6.07, 6.45) is 2.00. The summed E-state index contributed by atoms with van der Waals surface area (Å²) in [7, 11) is 0. The van der Waals surface area contributed by atoms with Gasteiger partial charge in [0.05, 0.1) is 12.2 Å². The Kier molecular flexibility index (Phi) is 2.48. The van der Waals surface area contributed by atoms with Crippen molar-refractivity contribution in [1.82, 2.24) is 0 Å². The van der Waals surface area contributed by atoms with Crippen molar-refractivity contribution >= 4 is 23.4 Å². The molecule has 1 aliphatic rings. The molecular formula is C10H12N2OS. The number of para-hydroxylation sites is 1. The van der Waals surface area contributed by atoms with E-state index in [2.05, 4.69) is 0 Å². The van der Waals surface area contributed by atoms with Gasteiger partial charge >= 0.3 is 0 Å². The summed E-state index contributed by atoms with van der Waals surface area (Å²) >= 11 is 1.64. The maximum atomic E-state index is 11.4. The number of anilines is 1. The largest absolute Gasteiger partial charge is 0.318 e. The molecule has 3 nitrogen and oxygen atoms in total. The third-order valence-corrected chi connectivity index (χ3v) is 3.12. The minimum atomic E-state index is -0.301. The molecule has 1 atom stereocenters. The lowest BCUT2D eigenvalue weighted by Gasteiger charge is -2.37. The molecule has 0 aromatic heterocycles. The summed E-state index contributed by atoms with van der Waals surface area (Å²) in [5.41, 5.74) is 6.52. The van der Waals surface area contributed by atoms with Gasteiger partial charge in [0.15, 0.2) is 0 Å². The highest BCUT2D eigenvalue weighted by Gasteiger charge is 2.35. The van der Waals surface area contributed by atoms with Gasteiger partial charge in [-0.1, -0.05) is 12.1 Å². The summed E-state index contributed by atoms with van der Waals surface area (Å²) in [4.78, 5) is 14.3. The highest BCUT2D eigenvalue weighted by atomic mass is 32.2. The number of thioether (sulfide) groups is 1. The van der Waals surface area contributed by atoms with Crippen LogP contribution in [0.1, 0.15) is 0 Å². The molecule has 1 aliphatic heterocycles. The fraction of sp³-hybridized carbons (Fsp3) is 0.300. The van der Waals surface area contributed by atoms with Gasteiger partial charge in [0.1, 0.15) is 6.04 Å². The molecule has 1 aromatic carbocycles. The van der Waals surface area contributed by atoms with E-state index in [1.54, 1.807) is 16.7 Å². The van der Waals surface area contributed by atoms with Crippen molar-refractivity contribution in [2.45, 2.75) is 10.9 Å². The molecule has 14 heavy (non-hydrogen) atoms. The maximum Gasteiger partial charge on any atom is 0.245 e. The van der Waals surface area contributed by atoms with Crippen molar-refractivity contribution in [2.75, 3.05) is 17.7 Å². The van der Waals surface area contributed by atoms with Crippen LogP contribution < -0.4 is 10.6 Å². The number of amides is 1. The third-order valence-electron chi connectivity index (χ3n) is 2.34. The predicted molar refractivity (Wildman–Crippen MR) is 58.6 cm³/mol. The standard InChI is InChI=1S/C10H12N2OS/c1-14-9-5-3-2-4-8(9)12-6-7(11)10(12)13/h2-5,7H,6,11H2,1H3. The van der Waals surface area contributed by atoms with Crippen LogP contribution in [0, 0.1) is 0 Å². The lowest BCUT2D eigenvalue weighted by molar-refractivity contribution is -0.123. The van der Waals surface area contributed by atoms with Crippen LogP contribution in [0.3, 0.4) is 0 Å². The molecular weight excluding hydrogens is 196 g/mol. The second kappa shape index (κ2) is 3.63. The van der Waals surface area contributed by atoms with Crippen LogP contribution in [0.5, 0.6) is 0 Å². The zero-order valence-corrected chi connectivity index (χ0v) is 8.75. The van der Waals surface area contributed by atoms with Crippen LogP contribution in [0.15, 0.2) is 29.2 Å². The van der Waals surface area contributed by atoms with Gasteiger partial charge in [0, 0.05) is 4.90 Å². The normalized spacial score (nSPS) is 20.9. The Morgan fingerprint density at radius 2 is 2.21 bits per heavy atom. The number of carbonyl (C=O) groups excluding carboxylic acids is 1. The summed E-state index contributed by atoms with van der Waals surface area (Å²) in [5.74, 6) is 0.0199. The number of β-lactam (4-membered cyclic amide) rings is 1. The van der Waals surface area contributed by atoms with Gasteiger partial charge in [0.2, 0.25) is 5.91 Å². The van der Waals surface area contributed by atoms with E-state index >= 15 is 0 Å². The van der Waals surface area contributed by atoms with E-state index < -0.39 is 0 Å². The smallest absolute Gasteiger partial charge is 0.245 e. The second-order valence-electron chi connectivity index (χ2n) is 3.23. The molecule has 1 amide bonds. The van der Waals surface area contributed by atoms with Gasteiger partial charge in [-0.15, -0.1) is 11.8 Å². The van der Waals surface area contributed by atoms with Gasteiger partial charge in [-0.25, -0.2) is 0 Å². The quantitative estimate of drug-likeness (QED) is 0.584. The molecule has 2 N–H and O–H groups in total. The highest BCUT2D eigenvalue weighted by Crippen LogP contribution is 2.31. The van der Waals surface area contributed by atoms with Gasteiger partial charge < -0.3 is 10.6 Å². The van der Waals surface area contributed by atoms with Gasteiger partial charge in [-0.05, 0) is 18.4 Å². The fourth-order valence-corrected chi connectivity index (χ4v) is 2.12. The van der Waals surface area contributed by atoms with E-state index in [1.165, 1.54) is 0 Å². The van der Waals surface area contributed by atoms with E-state index in [4.69, 9.17) is 5.73 Å². The average Bonchev–Trinajstić information content (AvgIpc) is 2.25. The summed E-state index contributed by atoms with van der Waals surface area (Å²) in [6, 6.07) is 7.57.